The summed E-state index contributed by atoms with van der Waals surface area (Å²) in [5.74, 6) is 1.20. The van der Waals surface area contributed by atoms with Gasteiger partial charge in [0, 0.05) is 30.2 Å². The maximum atomic E-state index is 4.27. The molecule has 0 aliphatic carbocycles. The first-order valence-electron chi connectivity index (χ1n) is 4.77. The topological polar surface area (TPSA) is 50.7 Å². The van der Waals surface area contributed by atoms with Crippen LogP contribution in [0.4, 0.5) is 5.82 Å². The minimum absolute atomic E-state index is 0.395. The van der Waals surface area contributed by atoms with Crippen molar-refractivity contribution >= 4 is 17.2 Å². The second kappa shape index (κ2) is 4.84. The second-order valence-electron chi connectivity index (χ2n) is 3.26. The van der Waals surface area contributed by atoms with Crippen molar-refractivity contribution in [3.05, 3.63) is 34.9 Å². The fourth-order valence-corrected chi connectivity index (χ4v) is 1.92. The number of aromatic nitrogens is 3. The Morgan fingerprint density at radius 1 is 1.47 bits per heavy atom. The monoisotopic (exact) mass is 220 g/mol. The molecule has 2 aromatic heterocycles. The Bertz CT molecular complexity index is 387. The molecule has 0 saturated carbocycles. The molecule has 4 nitrogen and oxygen atoms in total. The first-order valence-corrected chi connectivity index (χ1v) is 5.65. The van der Waals surface area contributed by atoms with Crippen molar-refractivity contribution in [1.29, 1.82) is 0 Å². The Morgan fingerprint density at radius 2 is 2.40 bits per heavy atom. The van der Waals surface area contributed by atoms with E-state index < -0.39 is 0 Å². The molecular weight excluding hydrogens is 208 g/mol. The lowest BCUT2D eigenvalue weighted by Gasteiger charge is -2.09. The lowest BCUT2D eigenvalue weighted by atomic mass is 10.2. The van der Waals surface area contributed by atoms with Gasteiger partial charge in [-0.2, -0.15) is 5.10 Å². The Labute approximate surface area is 92.4 Å². The zero-order chi connectivity index (χ0) is 10.5. The molecule has 1 atom stereocenters. The quantitative estimate of drug-likeness (QED) is 0.857. The highest BCUT2D eigenvalue weighted by atomic mass is 32.1. The number of anilines is 1. The van der Waals surface area contributed by atoms with Crippen molar-refractivity contribution in [2.45, 2.75) is 12.8 Å². The van der Waals surface area contributed by atoms with Crippen molar-refractivity contribution in [2.75, 3.05) is 11.9 Å². The smallest absolute Gasteiger partial charge is 0.148 e. The van der Waals surface area contributed by atoms with Gasteiger partial charge in [0.1, 0.15) is 5.82 Å². The third-order valence-electron chi connectivity index (χ3n) is 2.03. The Kier molecular flexibility index (Phi) is 3.24. The predicted octanol–water partition coefficient (Wildman–Crippen LogP) is 2.15. The molecule has 2 rings (SSSR count). The molecule has 0 radical (unpaired) electrons. The van der Waals surface area contributed by atoms with Gasteiger partial charge in [-0.15, -0.1) is 16.4 Å². The van der Waals surface area contributed by atoms with Crippen molar-refractivity contribution < 1.29 is 0 Å². The first-order chi connectivity index (χ1) is 7.36. The van der Waals surface area contributed by atoms with Gasteiger partial charge in [0.25, 0.3) is 0 Å². The molecule has 2 heterocycles. The normalized spacial score (nSPS) is 12.3. The molecule has 0 amide bonds. The van der Waals surface area contributed by atoms with E-state index >= 15 is 0 Å². The second-order valence-corrected chi connectivity index (χ2v) is 4.19. The number of nitrogens with zero attached hydrogens (tertiary/aromatic N) is 3. The Hall–Kier alpha value is -1.49. The van der Waals surface area contributed by atoms with Crippen LogP contribution in [0, 0.1) is 0 Å². The summed E-state index contributed by atoms with van der Waals surface area (Å²) in [6, 6.07) is 3.77. The first kappa shape index (κ1) is 10.0. The van der Waals surface area contributed by atoms with E-state index in [4.69, 9.17) is 0 Å². The fourth-order valence-electron chi connectivity index (χ4n) is 1.22. The lowest BCUT2D eigenvalue weighted by molar-refractivity contribution is 0.788. The largest absolute Gasteiger partial charge is 0.368 e. The maximum absolute atomic E-state index is 4.27. The molecule has 0 bridgehead atoms. The van der Waals surface area contributed by atoms with Gasteiger partial charge < -0.3 is 5.32 Å². The summed E-state index contributed by atoms with van der Waals surface area (Å²) in [7, 11) is 0. The van der Waals surface area contributed by atoms with Crippen LogP contribution in [0.3, 0.4) is 0 Å². The van der Waals surface area contributed by atoms with E-state index in [1.54, 1.807) is 17.5 Å². The Balaban J connectivity index is 1.89. The summed E-state index contributed by atoms with van der Waals surface area (Å²) in [6.07, 6.45) is 3.49. The third kappa shape index (κ3) is 2.73. The molecule has 0 fully saturated rings. The third-order valence-corrected chi connectivity index (χ3v) is 3.04. The predicted molar refractivity (Wildman–Crippen MR) is 61.1 cm³/mol. The zero-order valence-electron chi connectivity index (χ0n) is 8.42. The van der Waals surface area contributed by atoms with E-state index in [1.165, 1.54) is 0 Å². The molecule has 78 valence electrons. The van der Waals surface area contributed by atoms with Gasteiger partial charge in [-0.25, -0.2) is 4.98 Å². The molecule has 0 aliphatic heterocycles. The molecule has 0 aliphatic rings. The molecule has 0 aromatic carbocycles. The van der Waals surface area contributed by atoms with E-state index in [2.05, 4.69) is 27.4 Å². The van der Waals surface area contributed by atoms with Crippen molar-refractivity contribution in [3.63, 3.8) is 0 Å². The molecule has 1 unspecified atom stereocenters. The van der Waals surface area contributed by atoms with E-state index in [-0.39, 0.29) is 0 Å². The Morgan fingerprint density at radius 3 is 3.07 bits per heavy atom. The maximum Gasteiger partial charge on any atom is 0.148 e. The standard InChI is InChI=1S/C10H12N4S/c1-8(10-11-5-6-15-10)7-12-9-3-2-4-13-14-9/h2-6,8H,7H2,1H3,(H,12,14). The molecule has 0 spiro atoms. The van der Waals surface area contributed by atoms with Gasteiger partial charge in [0.15, 0.2) is 0 Å². The van der Waals surface area contributed by atoms with Crippen LogP contribution in [0.1, 0.15) is 17.8 Å². The molecule has 1 N–H and O–H groups in total. The van der Waals surface area contributed by atoms with Crippen molar-refractivity contribution in [2.24, 2.45) is 0 Å². The van der Waals surface area contributed by atoms with Gasteiger partial charge in [-0.3, -0.25) is 0 Å². The minimum atomic E-state index is 0.395. The minimum Gasteiger partial charge on any atom is -0.368 e. The van der Waals surface area contributed by atoms with Crippen LogP contribution in [-0.2, 0) is 0 Å². The highest BCUT2D eigenvalue weighted by Gasteiger charge is 2.07. The van der Waals surface area contributed by atoms with Gasteiger partial charge >= 0.3 is 0 Å². The average Bonchev–Trinajstić information content (AvgIpc) is 2.81. The van der Waals surface area contributed by atoms with Gasteiger partial charge in [-0.05, 0) is 12.1 Å². The van der Waals surface area contributed by atoms with Crippen LogP contribution in [0.25, 0.3) is 0 Å². The highest BCUT2D eigenvalue weighted by Crippen LogP contribution is 2.17. The van der Waals surface area contributed by atoms with E-state index in [9.17, 15) is 0 Å². The highest BCUT2D eigenvalue weighted by molar-refractivity contribution is 7.09. The number of thiazole rings is 1. The number of rotatable bonds is 4. The van der Waals surface area contributed by atoms with Gasteiger partial charge in [-0.1, -0.05) is 6.92 Å². The van der Waals surface area contributed by atoms with Crippen LogP contribution in [0.5, 0.6) is 0 Å². The molecule has 2 aromatic rings. The van der Waals surface area contributed by atoms with Crippen molar-refractivity contribution in [1.82, 2.24) is 15.2 Å². The lowest BCUT2D eigenvalue weighted by Crippen LogP contribution is -2.10. The SMILES string of the molecule is CC(CNc1cccnn1)c1nccs1. The van der Waals surface area contributed by atoms with E-state index in [0.717, 1.165) is 17.4 Å². The van der Waals surface area contributed by atoms with E-state index in [1.807, 2.05) is 23.7 Å². The molecule has 0 saturated heterocycles. The van der Waals surface area contributed by atoms with E-state index in [0.29, 0.717) is 5.92 Å². The summed E-state index contributed by atoms with van der Waals surface area (Å²) in [6.45, 7) is 2.97. The van der Waals surface area contributed by atoms with Crippen LogP contribution >= 0.6 is 11.3 Å². The number of nitrogens with one attached hydrogen (secondary N) is 1. The number of hydrogen-bond acceptors (Lipinski definition) is 5. The summed E-state index contributed by atoms with van der Waals surface area (Å²) in [4.78, 5) is 4.27. The zero-order valence-corrected chi connectivity index (χ0v) is 9.24. The summed E-state index contributed by atoms with van der Waals surface area (Å²) < 4.78 is 0. The summed E-state index contributed by atoms with van der Waals surface area (Å²) >= 11 is 1.68. The summed E-state index contributed by atoms with van der Waals surface area (Å²) in [5, 5.41) is 14.1. The van der Waals surface area contributed by atoms with Gasteiger partial charge in [0.2, 0.25) is 0 Å². The van der Waals surface area contributed by atoms with Crippen LogP contribution in [0.2, 0.25) is 0 Å². The molecule has 15 heavy (non-hydrogen) atoms. The fraction of sp³-hybridized carbons (Fsp3) is 0.300. The van der Waals surface area contributed by atoms with Crippen molar-refractivity contribution in [3.8, 4) is 0 Å². The van der Waals surface area contributed by atoms with Gasteiger partial charge in [0.05, 0.1) is 5.01 Å². The molecule has 5 heteroatoms. The average molecular weight is 220 g/mol. The van der Waals surface area contributed by atoms with Crippen LogP contribution in [-0.4, -0.2) is 21.7 Å². The van der Waals surface area contributed by atoms with Crippen LogP contribution in [0.15, 0.2) is 29.9 Å². The van der Waals surface area contributed by atoms with Crippen LogP contribution < -0.4 is 5.32 Å². The summed E-state index contributed by atoms with van der Waals surface area (Å²) in [5.41, 5.74) is 0. The molecular formula is C10H12N4S. The number of hydrogen-bond donors (Lipinski definition) is 1.